The van der Waals surface area contributed by atoms with Gasteiger partial charge >= 0.3 is 0 Å². The average Bonchev–Trinajstić information content (AvgIpc) is 2.65. The van der Waals surface area contributed by atoms with Gasteiger partial charge in [-0.3, -0.25) is 0 Å². The molecule has 0 N–H and O–H groups in total. The Morgan fingerprint density at radius 2 is 1.94 bits per heavy atom. The van der Waals surface area contributed by atoms with Crippen molar-refractivity contribution in [1.82, 2.24) is 9.55 Å². The standard InChI is InChI=1S/C11H9Cl3N2/c1-7-15-4-5-16(7)6-8-2-3-9(12)11(14)10(8)13/h2-5H,6H2,1H3. The van der Waals surface area contributed by atoms with Crippen molar-refractivity contribution in [3.63, 3.8) is 0 Å². The van der Waals surface area contributed by atoms with Crippen LogP contribution in [0, 0.1) is 6.92 Å². The molecule has 0 bridgehead atoms. The maximum Gasteiger partial charge on any atom is 0.105 e. The molecular formula is C11H9Cl3N2. The van der Waals surface area contributed by atoms with E-state index < -0.39 is 0 Å². The number of imidazole rings is 1. The summed E-state index contributed by atoms with van der Waals surface area (Å²) in [7, 11) is 0. The van der Waals surface area contributed by atoms with Crippen LogP contribution in [0.4, 0.5) is 0 Å². The summed E-state index contributed by atoms with van der Waals surface area (Å²) in [6, 6.07) is 3.62. The molecule has 2 aromatic rings. The normalized spacial score (nSPS) is 10.8. The predicted octanol–water partition coefficient (Wildman–Crippen LogP) is 4.20. The molecule has 0 amide bonds. The van der Waals surface area contributed by atoms with E-state index in [2.05, 4.69) is 4.98 Å². The molecule has 0 fully saturated rings. The van der Waals surface area contributed by atoms with Crippen LogP contribution in [-0.2, 0) is 6.54 Å². The highest BCUT2D eigenvalue weighted by Crippen LogP contribution is 2.33. The van der Waals surface area contributed by atoms with Gasteiger partial charge in [-0.25, -0.2) is 4.98 Å². The van der Waals surface area contributed by atoms with Gasteiger partial charge in [0.05, 0.1) is 21.6 Å². The number of hydrogen-bond acceptors (Lipinski definition) is 1. The Morgan fingerprint density at radius 3 is 2.56 bits per heavy atom. The van der Waals surface area contributed by atoms with Crippen molar-refractivity contribution in [1.29, 1.82) is 0 Å². The van der Waals surface area contributed by atoms with Crippen LogP contribution < -0.4 is 0 Å². The minimum atomic E-state index is 0.401. The molecule has 0 spiro atoms. The fourth-order valence-corrected chi connectivity index (χ4v) is 2.06. The Bertz CT molecular complexity index is 520. The lowest BCUT2D eigenvalue weighted by molar-refractivity contribution is 0.762. The Balaban J connectivity index is 2.36. The maximum atomic E-state index is 6.12. The van der Waals surface area contributed by atoms with Crippen molar-refractivity contribution in [3.05, 3.63) is 51.0 Å². The van der Waals surface area contributed by atoms with Gasteiger partial charge in [-0.1, -0.05) is 40.9 Å². The van der Waals surface area contributed by atoms with Gasteiger partial charge in [-0.2, -0.15) is 0 Å². The summed E-state index contributed by atoms with van der Waals surface area (Å²) in [6.07, 6.45) is 3.65. The molecule has 2 rings (SSSR count). The zero-order chi connectivity index (χ0) is 11.7. The van der Waals surface area contributed by atoms with E-state index in [-0.39, 0.29) is 0 Å². The molecule has 0 aliphatic rings. The van der Waals surface area contributed by atoms with Crippen LogP contribution in [0.5, 0.6) is 0 Å². The summed E-state index contributed by atoms with van der Waals surface area (Å²) < 4.78 is 1.99. The Labute approximate surface area is 109 Å². The first-order valence-corrected chi connectivity index (χ1v) is 5.83. The molecule has 0 aliphatic heterocycles. The topological polar surface area (TPSA) is 17.8 Å². The lowest BCUT2D eigenvalue weighted by atomic mass is 10.2. The SMILES string of the molecule is Cc1nccn1Cc1ccc(Cl)c(Cl)c1Cl. The first-order valence-electron chi connectivity index (χ1n) is 4.69. The number of benzene rings is 1. The van der Waals surface area contributed by atoms with Crippen LogP contribution in [0.3, 0.4) is 0 Å². The first-order chi connectivity index (χ1) is 7.59. The lowest BCUT2D eigenvalue weighted by Gasteiger charge is -2.09. The number of aromatic nitrogens is 2. The third kappa shape index (κ3) is 2.19. The van der Waals surface area contributed by atoms with Gasteiger partial charge in [0.2, 0.25) is 0 Å². The summed E-state index contributed by atoms with van der Waals surface area (Å²) in [4.78, 5) is 4.14. The Hall–Kier alpha value is -0.700. The molecule has 1 heterocycles. The quantitative estimate of drug-likeness (QED) is 0.751. The summed E-state index contributed by atoms with van der Waals surface area (Å²) in [6.45, 7) is 2.58. The highest BCUT2D eigenvalue weighted by atomic mass is 35.5. The zero-order valence-corrected chi connectivity index (χ0v) is 10.8. The molecule has 0 unspecified atom stereocenters. The van der Waals surface area contributed by atoms with Crippen LogP contribution in [0.1, 0.15) is 11.4 Å². The van der Waals surface area contributed by atoms with Crippen molar-refractivity contribution in [2.45, 2.75) is 13.5 Å². The molecule has 0 radical (unpaired) electrons. The number of hydrogen-bond donors (Lipinski definition) is 0. The Morgan fingerprint density at radius 1 is 1.19 bits per heavy atom. The van der Waals surface area contributed by atoms with E-state index in [1.807, 2.05) is 23.8 Å². The summed E-state index contributed by atoms with van der Waals surface area (Å²) in [5.41, 5.74) is 0.928. The average molecular weight is 276 g/mol. The van der Waals surface area contributed by atoms with Crippen LogP contribution in [0.15, 0.2) is 24.5 Å². The van der Waals surface area contributed by atoms with Gasteiger partial charge in [-0.05, 0) is 18.6 Å². The zero-order valence-electron chi connectivity index (χ0n) is 8.54. The van der Waals surface area contributed by atoms with E-state index in [1.54, 1.807) is 12.3 Å². The number of nitrogens with zero attached hydrogens (tertiary/aromatic N) is 2. The van der Waals surface area contributed by atoms with Crippen LogP contribution in [-0.4, -0.2) is 9.55 Å². The molecule has 84 valence electrons. The summed E-state index contributed by atoms with van der Waals surface area (Å²) in [5, 5.41) is 1.37. The third-order valence-electron chi connectivity index (χ3n) is 2.38. The fourth-order valence-electron chi connectivity index (χ4n) is 1.44. The van der Waals surface area contributed by atoms with E-state index in [1.165, 1.54) is 0 Å². The van der Waals surface area contributed by atoms with Crippen molar-refractivity contribution in [2.75, 3.05) is 0 Å². The van der Waals surface area contributed by atoms with Crippen molar-refractivity contribution in [3.8, 4) is 0 Å². The molecule has 1 aromatic carbocycles. The first kappa shape index (κ1) is 11.8. The second kappa shape index (κ2) is 4.66. The largest absolute Gasteiger partial charge is 0.331 e. The van der Waals surface area contributed by atoms with Crippen LogP contribution in [0.25, 0.3) is 0 Å². The van der Waals surface area contributed by atoms with Crippen LogP contribution in [0.2, 0.25) is 15.1 Å². The molecule has 0 saturated heterocycles. The Kier molecular flexibility index (Phi) is 3.43. The summed E-state index contributed by atoms with van der Waals surface area (Å²) >= 11 is 18.0. The molecule has 0 aliphatic carbocycles. The lowest BCUT2D eigenvalue weighted by Crippen LogP contribution is -2.01. The van der Waals surface area contributed by atoms with Gasteiger partial charge in [0, 0.05) is 12.4 Å². The van der Waals surface area contributed by atoms with E-state index in [0.29, 0.717) is 21.6 Å². The predicted molar refractivity (Wildman–Crippen MR) is 67.5 cm³/mol. The minimum absolute atomic E-state index is 0.401. The van der Waals surface area contributed by atoms with Gasteiger partial charge in [0.1, 0.15) is 5.82 Å². The minimum Gasteiger partial charge on any atom is -0.331 e. The van der Waals surface area contributed by atoms with Crippen LogP contribution >= 0.6 is 34.8 Å². The van der Waals surface area contributed by atoms with Crippen molar-refractivity contribution in [2.24, 2.45) is 0 Å². The monoisotopic (exact) mass is 274 g/mol. The fraction of sp³-hybridized carbons (Fsp3) is 0.182. The molecule has 0 atom stereocenters. The van der Waals surface area contributed by atoms with E-state index >= 15 is 0 Å². The van der Waals surface area contributed by atoms with Crippen molar-refractivity contribution < 1.29 is 0 Å². The summed E-state index contributed by atoms with van der Waals surface area (Å²) in [5.74, 6) is 0.933. The molecule has 0 saturated carbocycles. The smallest absolute Gasteiger partial charge is 0.105 e. The van der Waals surface area contributed by atoms with E-state index in [4.69, 9.17) is 34.8 Å². The number of halogens is 3. The van der Waals surface area contributed by atoms with Gasteiger partial charge in [-0.15, -0.1) is 0 Å². The number of rotatable bonds is 2. The molecule has 5 heteroatoms. The van der Waals surface area contributed by atoms with Crippen molar-refractivity contribution >= 4 is 34.8 Å². The molecule has 1 aromatic heterocycles. The van der Waals surface area contributed by atoms with E-state index in [0.717, 1.165) is 11.4 Å². The second-order valence-electron chi connectivity index (χ2n) is 3.44. The third-order valence-corrected chi connectivity index (χ3v) is 3.71. The second-order valence-corrected chi connectivity index (χ2v) is 4.60. The molecule has 16 heavy (non-hydrogen) atoms. The van der Waals surface area contributed by atoms with Gasteiger partial charge in [0.15, 0.2) is 0 Å². The van der Waals surface area contributed by atoms with Gasteiger partial charge < -0.3 is 4.57 Å². The maximum absolute atomic E-state index is 6.12. The highest BCUT2D eigenvalue weighted by Gasteiger charge is 2.09. The number of aryl methyl sites for hydroxylation is 1. The highest BCUT2D eigenvalue weighted by molar-refractivity contribution is 6.48. The van der Waals surface area contributed by atoms with Gasteiger partial charge in [0.25, 0.3) is 0 Å². The molecular weight excluding hydrogens is 266 g/mol. The van der Waals surface area contributed by atoms with E-state index in [9.17, 15) is 0 Å². The molecule has 2 nitrogen and oxygen atoms in total.